The molecule has 64 valence electrons. The molecule has 1 aliphatic rings. The number of ether oxygens (including phenoxy) is 1. The fourth-order valence-electron chi connectivity index (χ4n) is 1.30. The van der Waals surface area contributed by atoms with Crippen molar-refractivity contribution in [3.05, 3.63) is 23.5 Å². The molecule has 1 atom stereocenters. The predicted molar refractivity (Wildman–Crippen MR) is 40.5 cm³/mol. The zero-order valence-electron chi connectivity index (χ0n) is 6.25. The van der Waals surface area contributed by atoms with Crippen LogP contribution in [0, 0.1) is 5.82 Å². The van der Waals surface area contributed by atoms with Gasteiger partial charge in [0.1, 0.15) is 12.4 Å². The lowest BCUT2D eigenvalue weighted by Crippen LogP contribution is -2.10. The highest BCUT2D eigenvalue weighted by atomic mass is 19.1. The Labute approximate surface area is 68.6 Å². The zero-order valence-corrected chi connectivity index (χ0v) is 6.25. The van der Waals surface area contributed by atoms with Crippen LogP contribution in [0.15, 0.2) is 12.1 Å². The summed E-state index contributed by atoms with van der Waals surface area (Å²) in [7, 11) is 0. The van der Waals surface area contributed by atoms with Gasteiger partial charge in [0.15, 0.2) is 11.5 Å². The summed E-state index contributed by atoms with van der Waals surface area (Å²) in [6.07, 6.45) is 0. The lowest BCUT2D eigenvalue weighted by atomic mass is 10.1. The van der Waals surface area contributed by atoms with E-state index in [2.05, 4.69) is 0 Å². The lowest BCUT2D eigenvalue weighted by Gasteiger charge is -2.02. The third-order valence-corrected chi connectivity index (χ3v) is 1.87. The number of phenolic OH excluding ortho intramolecular Hbond substituents is 1. The third-order valence-electron chi connectivity index (χ3n) is 1.87. The van der Waals surface area contributed by atoms with Crippen molar-refractivity contribution in [2.75, 3.05) is 6.61 Å². The Morgan fingerprint density at radius 1 is 1.58 bits per heavy atom. The van der Waals surface area contributed by atoms with E-state index in [-0.39, 0.29) is 11.8 Å². The van der Waals surface area contributed by atoms with Crippen LogP contribution in [-0.4, -0.2) is 11.7 Å². The summed E-state index contributed by atoms with van der Waals surface area (Å²) in [6, 6.07) is 1.96. The molecule has 4 heteroatoms. The highest BCUT2D eigenvalue weighted by Gasteiger charge is 2.24. The maximum atomic E-state index is 12.7. The average Bonchev–Trinajstić information content (AvgIpc) is 2.33. The summed E-state index contributed by atoms with van der Waals surface area (Å²) in [5.74, 6) is -0.367. The average molecular weight is 169 g/mol. The minimum atomic E-state index is -0.493. The molecule has 3 N–H and O–H groups in total. The summed E-state index contributed by atoms with van der Waals surface area (Å²) < 4.78 is 17.8. The van der Waals surface area contributed by atoms with E-state index in [9.17, 15) is 9.50 Å². The number of rotatable bonds is 0. The monoisotopic (exact) mass is 169 g/mol. The van der Waals surface area contributed by atoms with E-state index in [1.807, 2.05) is 0 Å². The molecule has 1 unspecified atom stereocenters. The van der Waals surface area contributed by atoms with Gasteiger partial charge >= 0.3 is 0 Å². The first-order chi connectivity index (χ1) is 5.68. The molecule has 0 amide bonds. The van der Waals surface area contributed by atoms with Crippen molar-refractivity contribution in [1.29, 1.82) is 0 Å². The summed E-state index contributed by atoms with van der Waals surface area (Å²) in [5, 5.41) is 9.21. The summed E-state index contributed by atoms with van der Waals surface area (Å²) >= 11 is 0. The molecule has 0 radical (unpaired) electrons. The molecule has 3 nitrogen and oxygen atoms in total. The van der Waals surface area contributed by atoms with Gasteiger partial charge in [-0.05, 0) is 6.07 Å². The fraction of sp³-hybridized carbons (Fsp3) is 0.250. The van der Waals surface area contributed by atoms with Crippen molar-refractivity contribution in [3.63, 3.8) is 0 Å². The third kappa shape index (κ3) is 0.921. The van der Waals surface area contributed by atoms with Crippen LogP contribution in [-0.2, 0) is 0 Å². The standard InChI is InChI=1S/C8H8FNO2/c9-4-1-5-6(10)3-12-8(5)7(11)2-4/h1-2,6,11H,3,10H2. The van der Waals surface area contributed by atoms with Gasteiger partial charge in [0.2, 0.25) is 0 Å². The second-order valence-corrected chi connectivity index (χ2v) is 2.76. The van der Waals surface area contributed by atoms with Crippen molar-refractivity contribution >= 4 is 0 Å². The Kier molecular flexibility index (Phi) is 1.44. The Hall–Kier alpha value is -1.29. The molecule has 12 heavy (non-hydrogen) atoms. The minimum absolute atomic E-state index is 0.182. The highest BCUT2D eigenvalue weighted by molar-refractivity contribution is 5.49. The van der Waals surface area contributed by atoms with Gasteiger partial charge in [0.25, 0.3) is 0 Å². The normalized spacial score (nSPS) is 20.3. The smallest absolute Gasteiger partial charge is 0.166 e. The largest absolute Gasteiger partial charge is 0.504 e. The number of hydrogen-bond acceptors (Lipinski definition) is 3. The number of benzene rings is 1. The molecule has 1 heterocycles. The van der Waals surface area contributed by atoms with Crippen LogP contribution in [0.25, 0.3) is 0 Å². The number of aromatic hydroxyl groups is 1. The number of hydrogen-bond donors (Lipinski definition) is 2. The molecule has 1 aromatic carbocycles. The van der Waals surface area contributed by atoms with Crippen LogP contribution in [0.1, 0.15) is 11.6 Å². The fourth-order valence-corrected chi connectivity index (χ4v) is 1.30. The quantitative estimate of drug-likeness (QED) is 0.607. The lowest BCUT2D eigenvalue weighted by molar-refractivity contribution is 0.316. The van der Waals surface area contributed by atoms with Crippen LogP contribution in [0.2, 0.25) is 0 Å². The second kappa shape index (κ2) is 2.35. The van der Waals surface area contributed by atoms with Gasteiger partial charge in [-0.15, -0.1) is 0 Å². The summed E-state index contributed by atoms with van der Waals surface area (Å²) in [4.78, 5) is 0. The number of nitrogens with two attached hydrogens (primary N) is 1. The number of fused-ring (bicyclic) bond motifs is 1. The summed E-state index contributed by atoms with van der Waals surface area (Å²) in [6.45, 7) is 0.298. The Balaban J connectivity index is 2.60. The van der Waals surface area contributed by atoms with Crippen LogP contribution >= 0.6 is 0 Å². The molecule has 0 bridgehead atoms. The van der Waals surface area contributed by atoms with E-state index in [1.54, 1.807) is 0 Å². The van der Waals surface area contributed by atoms with Crippen LogP contribution in [0.3, 0.4) is 0 Å². The van der Waals surface area contributed by atoms with Crippen molar-refractivity contribution < 1.29 is 14.2 Å². The Bertz CT molecular complexity index is 327. The van der Waals surface area contributed by atoms with Crippen LogP contribution < -0.4 is 10.5 Å². The minimum Gasteiger partial charge on any atom is -0.504 e. The van der Waals surface area contributed by atoms with Gasteiger partial charge in [-0.1, -0.05) is 0 Å². The van der Waals surface area contributed by atoms with E-state index in [0.29, 0.717) is 17.9 Å². The van der Waals surface area contributed by atoms with Crippen LogP contribution in [0.4, 0.5) is 4.39 Å². The maximum Gasteiger partial charge on any atom is 0.166 e. The van der Waals surface area contributed by atoms with Crippen molar-refractivity contribution in [1.82, 2.24) is 0 Å². The highest BCUT2D eigenvalue weighted by Crippen LogP contribution is 2.38. The molecule has 1 aromatic rings. The Morgan fingerprint density at radius 2 is 2.33 bits per heavy atom. The van der Waals surface area contributed by atoms with Gasteiger partial charge in [-0.25, -0.2) is 4.39 Å². The van der Waals surface area contributed by atoms with Crippen molar-refractivity contribution in [2.45, 2.75) is 6.04 Å². The molecular weight excluding hydrogens is 161 g/mol. The molecule has 0 aromatic heterocycles. The molecule has 2 rings (SSSR count). The topological polar surface area (TPSA) is 55.5 Å². The summed E-state index contributed by atoms with van der Waals surface area (Å²) in [5.41, 5.74) is 6.12. The van der Waals surface area contributed by atoms with E-state index in [0.717, 1.165) is 6.07 Å². The molecular formula is C8H8FNO2. The van der Waals surface area contributed by atoms with Gasteiger partial charge in [-0.2, -0.15) is 0 Å². The first-order valence-electron chi connectivity index (χ1n) is 3.59. The van der Waals surface area contributed by atoms with Gasteiger partial charge in [0.05, 0.1) is 6.04 Å². The van der Waals surface area contributed by atoms with Gasteiger partial charge in [-0.3, -0.25) is 0 Å². The van der Waals surface area contributed by atoms with Gasteiger partial charge < -0.3 is 15.6 Å². The number of phenols is 1. The molecule has 0 saturated heterocycles. The van der Waals surface area contributed by atoms with E-state index in [1.165, 1.54) is 6.07 Å². The maximum absolute atomic E-state index is 12.7. The molecule has 0 fully saturated rings. The first kappa shape index (κ1) is 7.36. The van der Waals surface area contributed by atoms with Crippen LogP contribution in [0.5, 0.6) is 11.5 Å². The predicted octanol–water partition coefficient (Wildman–Crippen LogP) is 0.923. The van der Waals surface area contributed by atoms with Crippen molar-refractivity contribution in [3.8, 4) is 11.5 Å². The molecule has 0 spiro atoms. The van der Waals surface area contributed by atoms with E-state index in [4.69, 9.17) is 10.5 Å². The molecule has 1 aliphatic heterocycles. The number of halogens is 1. The molecule has 0 saturated carbocycles. The molecule has 0 aliphatic carbocycles. The van der Waals surface area contributed by atoms with Gasteiger partial charge in [0, 0.05) is 11.6 Å². The van der Waals surface area contributed by atoms with E-state index < -0.39 is 5.82 Å². The zero-order chi connectivity index (χ0) is 8.72. The SMILES string of the molecule is NC1COc2c(O)cc(F)cc21. The first-order valence-corrected chi connectivity index (χ1v) is 3.59. The second-order valence-electron chi connectivity index (χ2n) is 2.76. The van der Waals surface area contributed by atoms with E-state index >= 15 is 0 Å². The Morgan fingerprint density at radius 3 is 3.08 bits per heavy atom. The van der Waals surface area contributed by atoms with Crippen molar-refractivity contribution in [2.24, 2.45) is 5.73 Å².